The van der Waals surface area contributed by atoms with Crippen LogP contribution in [-0.2, 0) is 17.8 Å². The predicted molar refractivity (Wildman–Crippen MR) is 74.6 cm³/mol. The lowest BCUT2D eigenvalue weighted by Crippen LogP contribution is -2.32. The number of aromatic nitrogens is 1. The number of anilines is 1. The van der Waals surface area contributed by atoms with Gasteiger partial charge in [0.15, 0.2) is 5.13 Å². The molecule has 0 bridgehead atoms. The number of nitrogen functional groups attached to an aromatic ring is 1. The van der Waals surface area contributed by atoms with Crippen LogP contribution < -0.4 is 5.73 Å². The van der Waals surface area contributed by atoms with E-state index in [0.29, 0.717) is 29.7 Å². The average molecular weight is 290 g/mol. The fourth-order valence-corrected chi connectivity index (χ4v) is 2.30. The smallest absolute Gasteiger partial charge is 0.229 e. The summed E-state index contributed by atoms with van der Waals surface area (Å²) in [4.78, 5) is 17.9. The van der Waals surface area contributed by atoms with Crippen LogP contribution >= 0.6 is 11.3 Å². The number of carbonyl (C=O) groups is 1. The van der Waals surface area contributed by atoms with Crippen LogP contribution in [-0.4, -0.2) is 22.3 Å². The van der Waals surface area contributed by atoms with Crippen molar-refractivity contribution in [1.82, 2.24) is 9.88 Å². The molecule has 20 heavy (non-hydrogen) atoms. The Labute approximate surface area is 120 Å². The minimum absolute atomic E-state index is 0.0954. The van der Waals surface area contributed by atoms with Gasteiger partial charge >= 0.3 is 0 Å². The second-order valence-corrected chi connectivity index (χ2v) is 5.05. The van der Waals surface area contributed by atoms with E-state index in [0.717, 1.165) is 0 Å². The van der Waals surface area contributed by atoms with E-state index in [-0.39, 0.29) is 18.7 Å². The summed E-state index contributed by atoms with van der Waals surface area (Å²) >= 11 is 1.31. The molecular formula is C13H14N4O2S. The van der Waals surface area contributed by atoms with Gasteiger partial charge in [0.2, 0.25) is 5.91 Å². The first kappa shape index (κ1) is 14.1. The lowest BCUT2D eigenvalue weighted by Gasteiger charge is -2.20. The van der Waals surface area contributed by atoms with Crippen molar-refractivity contribution in [3.05, 3.63) is 35.2 Å². The molecule has 0 saturated carbocycles. The molecular weight excluding hydrogens is 276 g/mol. The van der Waals surface area contributed by atoms with Crippen molar-refractivity contribution in [2.45, 2.75) is 19.4 Å². The first-order valence-corrected chi connectivity index (χ1v) is 6.94. The molecule has 0 radical (unpaired) electrons. The fraction of sp³-hybridized carbons (Fsp3) is 0.308. The average Bonchev–Trinajstić information content (AvgIpc) is 3.06. The number of nitrogens with two attached hydrogens (primary N) is 1. The van der Waals surface area contributed by atoms with Gasteiger partial charge in [0.05, 0.1) is 37.4 Å². The van der Waals surface area contributed by atoms with Crippen molar-refractivity contribution in [3.8, 4) is 6.07 Å². The van der Waals surface area contributed by atoms with E-state index in [1.807, 2.05) is 6.07 Å². The highest BCUT2D eigenvalue weighted by Crippen LogP contribution is 2.14. The van der Waals surface area contributed by atoms with Crippen LogP contribution in [0.3, 0.4) is 0 Å². The third kappa shape index (κ3) is 3.83. The molecule has 2 aromatic rings. The van der Waals surface area contributed by atoms with Crippen molar-refractivity contribution >= 4 is 22.4 Å². The van der Waals surface area contributed by atoms with Crippen molar-refractivity contribution in [3.63, 3.8) is 0 Å². The van der Waals surface area contributed by atoms with Crippen molar-refractivity contribution in [1.29, 1.82) is 5.26 Å². The van der Waals surface area contributed by atoms with Crippen LogP contribution in [0.2, 0.25) is 0 Å². The van der Waals surface area contributed by atoms with Crippen LogP contribution in [0.25, 0.3) is 0 Å². The molecule has 0 aliphatic heterocycles. The van der Waals surface area contributed by atoms with Gasteiger partial charge in [-0.1, -0.05) is 0 Å². The molecule has 0 atom stereocenters. The van der Waals surface area contributed by atoms with Gasteiger partial charge in [0.25, 0.3) is 0 Å². The van der Waals surface area contributed by atoms with Gasteiger partial charge in [0.1, 0.15) is 5.76 Å². The third-order valence-electron chi connectivity index (χ3n) is 2.67. The van der Waals surface area contributed by atoms with Gasteiger partial charge in [-0.25, -0.2) is 4.98 Å². The second kappa shape index (κ2) is 6.73. The van der Waals surface area contributed by atoms with Crippen LogP contribution in [0, 0.1) is 11.3 Å². The number of nitrogens with zero attached hydrogens (tertiary/aromatic N) is 3. The number of thiazole rings is 1. The number of carbonyl (C=O) groups excluding carboxylic acids is 1. The molecule has 0 unspecified atom stereocenters. The predicted octanol–water partition coefficient (Wildman–Crippen LogP) is 1.80. The van der Waals surface area contributed by atoms with Gasteiger partial charge in [-0.3, -0.25) is 4.79 Å². The minimum Gasteiger partial charge on any atom is -0.467 e. The Kier molecular flexibility index (Phi) is 4.74. The van der Waals surface area contributed by atoms with E-state index in [1.165, 1.54) is 11.3 Å². The molecule has 2 heterocycles. The van der Waals surface area contributed by atoms with Gasteiger partial charge in [-0.2, -0.15) is 5.26 Å². The summed E-state index contributed by atoms with van der Waals surface area (Å²) in [6.07, 6.45) is 2.02. The fourth-order valence-electron chi connectivity index (χ4n) is 1.74. The summed E-state index contributed by atoms with van der Waals surface area (Å²) in [6, 6.07) is 5.61. The molecule has 6 nitrogen and oxygen atoms in total. The Bertz CT molecular complexity index is 600. The molecule has 2 N–H and O–H groups in total. The minimum atomic E-state index is -0.0954. The van der Waals surface area contributed by atoms with E-state index in [4.69, 9.17) is 15.4 Å². The van der Waals surface area contributed by atoms with Crippen molar-refractivity contribution in [2.24, 2.45) is 0 Å². The van der Waals surface area contributed by atoms with Gasteiger partial charge in [-0.05, 0) is 12.1 Å². The van der Waals surface area contributed by atoms with E-state index < -0.39 is 0 Å². The molecule has 0 aromatic carbocycles. The number of nitriles is 1. The number of hydrogen-bond acceptors (Lipinski definition) is 6. The largest absolute Gasteiger partial charge is 0.467 e. The maximum Gasteiger partial charge on any atom is 0.229 e. The molecule has 104 valence electrons. The summed E-state index contributed by atoms with van der Waals surface area (Å²) in [7, 11) is 0. The molecule has 7 heteroatoms. The molecule has 1 amide bonds. The molecule has 0 spiro atoms. The Morgan fingerprint density at radius 1 is 1.60 bits per heavy atom. The standard InChI is InChI=1S/C13H14N4O2S/c14-4-2-5-17(8-11-3-1-6-19-11)12(18)7-10-9-20-13(15)16-10/h1,3,6,9H,2,5,7-8H2,(H2,15,16). The zero-order chi connectivity index (χ0) is 14.4. The highest BCUT2D eigenvalue weighted by molar-refractivity contribution is 7.13. The monoisotopic (exact) mass is 290 g/mol. The van der Waals surface area contributed by atoms with Gasteiger partial charge < -0.3 is 15.1 Å². The van der Waals surface area contributed by atoms with E-state index in [9.17, 15) is 4.79 Å². The topological polar surface area (TPSA) is 96.2 Å². The maximum absolute atomic E-state index is 12.3. The number of furan rings is 1. The van der Waals surface area contributed by atoms with Crippen LogP contribution in [0.1, 0.15) is 17.9 Å². The maximum atomic E-state index is 12.3. The highest BCUT2D eigenvalue weighted by Gasteiger charge is 2.16. The van der Waals surface area contributed by atoms with Crippen molar-refractivity contribution < 1.29 is 9.21 Å². The number of hydrogen-bond donors (Lipinski definition) is 1. The number of amides is 1. The second-order valence-electron chi connectivity index (χ2n) is 4.16. The summed E-state index contributed by atoms with van der Waals surface area (Å²) < 4.78 is 5.24. The first-order valence-electron chi connectivity index (χ1n) is 6.06. The third-order valence-corrected chi connectivity index (χ3v) is 3.40. The summed E-state index contributed by atoms with van der Waals surface area (Å²) in [6.45, 7) is 0.725. The van der Waals surface area contributed by atoms with Crippen LogP contribution in [0.5, 0.6) is 0 Å². The summed E-state index contributed by atoms with van der Waals surface area (Å²) in [5.74, 6) is 0.594. The van der Waals surface area contributed by atoms with Gasteiger partial charge in [-0.15, -0.1) is 11.3 Å². The zero-order valence-electron chi connectivity index (χ0n) is 10.8. The van der Waals surface area contributed by atoms with Crippen LogP contribution in [0.15, 0.2) is 28.2 Å². The molecule has 0 fully saturated rings. The molecule has 0 aliphatic carbocycles. The van der Waals surface area contributed by atoms with E-state index in [1.54, 1.807) is 28.7 Å². The first-order chi connectivity index (χ1) is 9.69. The Morgan fingerprint density at radius 2 is 2.45 bits per heavy atom. The lowest BCUT2D eigenvalue weighted by molar-refractivity contribution is -0.131. The normalized spacial score (nSPS) is 10.2. The van der Waals surface area contributed by atoms with Gasteiger partial charge in [0, 0.05) is 11.9 Å². The zero-order valence-corrected chi connectivity index (χ0v) is 11.6. The quantitative estimate of drug-likeness (QED) is 0.875. The Morgan fingerprint density at radius 3 is 3.05 bits per heavy atom. The highest BCUT2D eigenvalue weighted by atomic mass is 32.1. The molecule has 2 rings (SSSR count). The Hall–Kier alpha value is -2.33. The summed E-state index contributed by atoms with van der Waals surface area (Å²) in [5.41, 5.74) is 6.20. The SMILES string of the molecule is N#CCCN(Cc1ccco1)C(=O)Cc1csc(N)n1. The lowest BCUT2D eigenvalue weighted by atomic mass is 10.2. The number of rotatable bonds is 6. The molecule has 0 saturated heterocycles. The Balaban J connectivity index is 2.01. The molecule has 0 aliphatic rings. The van der Waals surface area contributed by atoms with Crippen molar-refractivity contribution in [2.75, 3.05) is 12.3 Å². The summed E-state index contributed by atoms with van der Waals surface area (Å²) in [5, 5.41) is 10.9. The van der Waals surface area contributed by atoms with E-state index in [2.05, 4.69) is 4.98 Å². The van der Waals surface area contributed by atoms with Crippen LogP contribution in [0.4, 0.5) is 5.13 Å². The van der Waals surface area contributed by atoms with E-state index >= 15 is 0 Å². The molecule has 2 aromatic heterocycles.